The molecule has 1 atom stereocenters. The summed E-state index contributed by atoms with van der Waals surface area (Å²) in [5.74, 6) is 1.28. The first-order valence-corrected chi connectivity index (χ1v) is 15.0. The number of ether oxygens (including phenoxy) is 1. The zero-order valence-corrected chi connectivity index (χ0v) is 27.3. The number of nitriles is 1. The van der Waals surface area contributed by atoms with E-state index in [0.717, 1.165) is 45.4 Å². The molecule has 0 aliphatic carbocycles. The molecule has 0 saturated heterocycles. The number of carbonyl (C=O) groups is 1. The van der Waals surface area contributed by atoms with Crippen molar-refractivity contribution in [1.29, 1.82) is 5.26 Å². The lowest BCUT2D eigenvalue weighted by atomic mass is 9.91. The second-order valence-electron chi connectivity index (χ2n) is 10.5. The summed E-state index contributed by atoms with van der Waals surface area (Å²) in [7, 11) is 3.50. The average molecular weight is 625 g/mol. The summed E-state index contributed by atoms with van der Waals surface area (Å²) in [6.45, 7) is 10.4. The number of nitrogens with one attached hydrogen (secondary N) is 1. The van der Waals surface area contributed by atoms with Crippen LogP contribution in [0.2, 0.25) is 5.02 Å². The maximum absolute atomic E-state index is 12.1. The Labute approximate surface area is 269 Å². The highest BCUT2D eigenvalue weighted by atomic mass is 35.5. The molecule has 0 aliphatic rings. The summed E-state index contributed by atoms with van der Waals surface area (Å²) in [6, 6.07) is 9.09. The first-order valence-electron chi connectivity index (χ1n) is 14.6. The second kappa shape index (κ2) is 14.2. The summed E-state index contributed by atoms with van der Waals surface area (Å²) in [5, 5.41) is 12.7. The minimum atomic E-state index is -0.304. The molecule has 3 N–H and O–H groups in total. The molecule has 0 saturated carbocycles. The minimum Gasteiger partial charge on any atom is -0.493 e. The molecular formula is C34H37ClN8O2. The van der Waals surface area contributed by atoms with Gasteiger partial charge >= 0.3 is 0 Å². The Bertz CT molecular complexity index is 1800. The van der Waals surface area contributed by atoms with Gasteiger partial charge in [0.15, 0.2) is 0 Å². The minimum absolute atomic E-state index is 0.271. The number of nitrogen functional groups attached to an aromatic ring is 1. The monoisotopic (exact) mass is 624 g/mol. The Hall–Kier alpha value is -5.01. The molecule has 1 amide bonds. The van der Waals surface area contributed by atoms with Gasteiger partial charge in [-0.2, -0.15) is 5.26 Å². The fourth-order valence-electron chi connectivity index (χ4n) is 5.21. The largest absolute Gasteiger partial charge is 0.493 e. The Morgan fingerprint density at radius 2 is 1.93 bits per heavy atom. The van der Waals surface area contributed by atoms with Crippen LogP contribution in [-0.4, -0.2) is 46.5 Å². The lowest BCUT2D eigenvalue weighted by Gasteiger charge is -2.31. The van der Waals surface area contributed by atoms with Crippen LogP contribution in [0.15, 0.2) is 54.8 Å². The molecule has 45 heavy (non-hydrogen) atoms. The van der Waals surface area contributed by atoms with E-state index in [0.29, 0.717) is 45.8 Å². The molecule has 1 aromatic carbocycles. The molecular weight excluding hydrogens is 588 g/mol. The van der Waals surface area contributed by atoms with Crippen molar-refractivity contribution in [2.24, 2.45) is 0 Å². The Morgan fingerprint density at radius 3 is 2.56 bits per heavy atom. The van der Waals surface area contributed by atoms with Gasteiger partial charge in [-0.25, -0.2) is 9.97 Å². The zero-order valence-electron chi connectivity index (χ0n) is 26.6. The standard InChI is InChI=1S/C34H37ClN8O2/c1-8-19(3)28(24-12-22(14-36)15-39-16-24)30-32(37)41-18-42-33(30)43(7)21(5)25-13-26(35)20(4)29(31(25)45-9-2)23-10-11-27(40-17-23)34(44)38-6/h10-13,15-18,21H,8-9H2,1-7H3,(H,38,44)(H2,37,41,42). The van der Waals surface area contributed by atoms with Gasteiger partial charge in [-0.15, -0.1) is 0 Å². The molecule has 1 unspecified atom stereocenters. The van der Waals surface area contributed by atoms with E-state index >= 15 is 0 Å². The third kappa shape index (κ3) is 6.59. The van der Waals surface area contributed by atoms with Crippen LogP contribution < -0.4 is 20.7 Å². The third-order valence-corrected chi connectivity index (χ3v) is 8.28. The molecule has 0 aliphatic heterocycles. The fourth-order valence-corrected chi connectivity index (χ4v) is 5.43. The van der Waals surface area contributed by atoms with E-state index in [4.69, 9.17) is 27.1 Å². The summed E-state index contributed by atoms with van der Waals surface area (Å²) in [5.41, 5.74) is 13.8. The molecule has 0 spiro atoms. The average Bonchev–Trinajstić information content (AvgIpc) is 3.06. The number of hydrogen-bond donors (Lipinski definition) is 2. The van der Waals surface area contributed by atoms with Crippen molar-refractivity contribution in [3.05, 3.63) is 93.3 Å². The first kappa shape index (κ1) is 32.9. The van der Waals surface area contributed by atoms with Gasteiger partial charge in [-0.05, 0) is 63.5 Å². The number of carbonyl (C=O) groups excluding carboxylic acids is 1. The van der Waals surface area contributed by atoms with E-state index in [1.165, 1.54) is 12.5 Å². The van der Waals surface area contributed by atoms with Crippen LogP contribution in [0.25, 0.3) is 16.7 Å². The normalized spacial score (nSPS) is 12.2. The second-order valence-corrected chi connectivity index (χ2v) is 11.0. The van der Waals surface area contributed by atoms with Crippen LogP contribution in [0.5, 0.6) is 5.75 Å². The molecule has 0 bridgehead atoms. The number of nitrogens with two attached hydrogens (primary N) is 1. The molecule has 0 radical (unpaired) electrons. The number of nitrogens with zero attached hydrogens (tertiary/aromatic N) is 6. The van der Waals surface area contributed by atoms with Crippen LogP contribution in [0.4, 0.5) is 11.6 Å². The maximum Gasteiger partial charge on any atom is 0.269 e. The van der Waals surface area contributed by atoms with E-state index in [1.807, 2.05) is 51.8 Å². The van der Waals surface area contributed by atoms with Crippen molar-refractivity contribution in [3.63, 3.8) is 0 Å². The number of pyridine rings is 2. The van der Waals surface area contributed by atoms with Crippen molar-refractivity contribution < 1.29 is 9.53 Å². The van der Waals surface area contributed by atoms with Crippen molar-refractivity contribution in [2.45, 2.75) is 47.1 Å². The fraction of sp³-hybridized carbons (Fsp3) is 0.294. The Kier molecular flexibility index (Phi) is 10.4. The quantitative estimate of drug-likeness (QED) is 0.201. The van der Waals surface area contributed by atoms with E-state index in [9.17, 15) is 10.1 Å². The molecule has 3 aromatic heterocycles. The molecule has 0 fully saturated rings. The third-order valence-electron chi connectivity index (χ3n) is 7.89. The van der Waals surface area contributed by atoms with E-state index in [2.05, 4.69) is 33.3 Å². The van der Waals surface area contributed by atoms with Gasteiger partial charge in [-0.3, -0.25) is 14.8 Å². The molecule has 3 heterocycles. The van der Waals surface area contributed by atoms with E-state index in [-0.39, 0.29) is 11.9 Å². The smallest absolute Gasteiger partial charge is 0.269 e. The maximum atomic E-state index is 12.1. The molecule has 10 nitrogen and oxygen atoms in total. The number of allylic oxidation sites excluding steroid dienone is 1. The topological polar surface area (TPSA) is 143 Å². The van der Waals surface area contributed by atoms with Crippen LogP contribution >= 0.6 is 11.6 Å². The SMILES string of the molecule is CCOc1c(C(C)N(C)c2ncnc(N)c2C(=C(C)CC)c2cncc(C#N)c2)cc(Cl)c(C)c1-c1ccc(C(=O)NC)nc1. The lowest BCUT2D eigenvalue weighted by molar-refractivity contribution is 0.0958. The van der Waals surface area contributed by atoms with Gasteiger partial charge < -0.3 is 20.7 Å². The predicted molar refractivity (Wildman–Crippen MR) is 178 cm³/mol. The molecule has 232 valence electrons. The number of rotatable bonds is 10. The van der Waals surface area contributed by atoms with Crippen LogP contribution in [0, 0.1) is 18.3 Å². The van der Waals surface area contributed by atoms with Crippen molar-refractivity contribution in [1.82, 2.24) is 25.3 Å². The van der Waals surface area contributed by atoms with Gasteiger partial charge in [-0.1, -0.05) is 30.2 Å². The van der Waals surface area contributed by atoms with E-state index < -0.39 is 0 Å². The Balaban J connectivity index is 1.91. The van der Waals surface area contributed by atoms with Crippen molar-refractivity contribution >= 4 is 34.7 Å². The van der Waals surface area contributed by atoms with Crippen LogP contribution in [0.3, 0.4) is 0 Å². The molecule has 4 rings (SSSR count). The number of aromatic nitrogens is 4. The van der Waals surface area contributed by atoms with Crippen molar-refractivity contribution in [2.75, 3.05) is 31.3 Å². The number of hydrogen-bond acceptors (Lipinski definition) is 9. The van der Waals surface area contributed by atoms with Gasteiger partial charge in [0.2, 0.25) is 0 Å². The number of amides is 1. The summed E-state index contributed by atoms with van der Waals surface area (Å²) < 4.78 is 6.32. The van der Waals surface area contributed by atoms with Gasteiger partial charge in [0, 0.05) is 60.0 Å². The first-order chi connectivity index (χ1) is 21.6. The highest BCUT2D eigenvalue weighted by molar-refractivity contribution is 6.32. The molecule has 4 aromatic rings. The summed E-state index contributed by atoms with van der Waals surface area (Å²) in [6.07, 6.45) is 7.07. The van der Waals surface area contributed by atoms with Gasteiger partial charge in [0.25, 0.3) is 5.91 Å². The van der Waals surface area contributed by atoms with Gasteiger partial charge in [0.05, 0.1) is 23.8 Å². The molecule has 11 heteroatoms. The van der Waals surface area contributed by atoms with Crippen LogP contribution in [0.1, 0.15) is 78.5 Å². The number of benzene rings is 1. The highest BCUT2D eigenvalue weighted by Gasteiger charge is 2.28. The Morgan fingerprint density at radius 1 is 1.18 bits per heavy atom. The number of anilines is 2. The predicted octanol–water partition coefficient (Wildman–Crippen LogP) is 6.54. The van der Waals surface area contributed by atoms with Crippen molar-refractivity contribution in [3.8, 4) is 22.9 Å². The van der Waals surface area contributed by atoms with Crippen LogP contribution in [-0.2, 0) is 0 Å². The summed E-state index contributed by atoms with van der Waals surface area (Å²) in [4.78, 5) is 31.9. The number of halogens is 1. The summed E-state index contributed by atoms with van der Waals surface area (Å²) >= 11 is 6.87. The van der Waals surface area contributed by atoms with Gasteiger partial charge in [0.1, 0.15) is 35.5 Å². The lowest BCUT2D eigenvalue weighted by Crippen LogP contribution is -2.25. The van der Waals surface area contributed by atoms with E-state index in [1.54, 1.807) is 31.6 Å². The zero-order chi connectivity index (χ0) is 32.8. The highest BCUT2D eigenvalue weighted by Crippen LogP contribution is 2.45.